The van der Waals surface area contributed by atoms with Crippen molar-refractivity contribution in [3.05, 3.63) is 58.6 Å². The lowest BCUT2D eigenvalue weighted by molar-refractivity contribution is -0.130. The summed E-state index contributed by atoms with van der Waals surface area (Å²) in [7, 11) is 0. The van der Waals surface area contributed by atoms with Crippen molar-refractivity contribution in [1.82, 2.24) is 10.2 Å². The first-order chi connectivity index (χ1) is 13.9. The predicted molar refractivity (Wildman–Crippen MR) is 112 cm³/mol. The molecule has 29 heavy (non-hydrogen) atoms. The maximum atomic E-state index is 11.8. The lowest BCUT2D eigenvalue weighted by Crippen LogP contribution is -2.56. The molecule has 1 atom stereocenters. The van der Waals surface area contributed by atoms with Gasteiger partial charge in [-0.05, 0) is 24.3 Å². The van der Waals surface area contributed by atoms with Gasteiger partial charge in [0.05, 0.1) is 0 Å². The van der Waals surface area contributed by atoms with Gasteiger partial charge in [-0.15, -0.1) is 0 Å². The molecule has 2 aliphatic heterocycles. The monoisotopic (exact) mass is 413 g/mol. The van der Waals surface area contributed by atoms with Crippen LogP contribution in [-0.2, 0) is 4.79 Å². The summed E-state index contributed by atoms with van der Waals surface area (Å²) in [6.45, 7) is 2.79. The lowest BCUT2D eigenvalue weighted by atomic mass is 9.87. The van der Waals surface area contributed by atoms with Crippen LogP contribution in [0.3, 0.4) is 0 Å². The highest BCUT2D eigenvalue weighted by molar-refractivity contribution is 6.31. The molecule has 0 bridgehead atoms. The number of amides is 1. The van der Waals surface area contributed by atoms with E-state index in [1.54, 1.807) is 37.3 Å². The van der Waals surface area contributed by atoms with E-state index in [0.717, 1.165) is 11.3 Å². The van der Waals surface area contributed by atoms with Crippen LogP contribution in [-0.4, -0.2) is 45.5 Å². The van der Waals surface area contributed by atoms with Gasteiger partial charge in [-0.1, -0.05) is 29.8 Å². The number of aromatic hydroxyl groups is 2. The first kappa shape index (κ1) is 19.7. The molecule has 1 fully saturated rings. The Labute approximate surface area is 174 Å². The van der Waals surface area contributed by atoms with Gasteiger partial charge < -0.3 is 15.1 Å². The molecule has 7 heteroatoms. The zero-order valence-electron chi connectivity index (χ0n) is 16.2. The number of rotatable bonds is 2. The van der Waals surface area contributed by atoms with Gasteiger partial charge in [-0.2, -0.15) is 0 Å². The van der Waals surface area contributed by atoms with Gasteiger partial charge in [0.15, 0.2) is 0 Å². The Kier molecular flexibility index (Phi) is 5.23. The Balaban J connectivity index is 1.75. The quantitative estimate of drug-likeness (QED) is 0.702. The Morgan fingerprint density at radius 2 is 1.90 bits per heavy atom. The van der Waals surface area contributed by atoms with Crippen molar-refractivity contribution in [2.24, 2.45) is 4.99 Å². The number of hydrogen-bond donors (Lipinski definition) is 3. The third-order valence-corrected chi connectivity index (χ3v) is 6.04. The van der Waals surface area contributed by atoms with Gasteiger partial charge in [0.25, 0.3) is 0 Å². The van der Waals surface area contributed by atoms with E-state index >= 15 is 0 Å². The van der Waals surface area contributed by atoms with E-state index in [1.807, 2.05) is 17.0 Å². The number of piperidine rings is 1. The fourth-order valence-electron chi connectivity index (χ4n) is 4.23. The van der Waals surface area contributed by atoms with Crippen molar-refractivity contribution in [2.45, 2.75) is 37.9 Å². The topological polar surface area (TPSA) is 85.2 Å². The fraction of sp³-hybridized carbons (Fsp3) is 0.364. The van der Waals surface area contributed by atoms with Gasteiger partial charge >= 0.3 is 0 Å². The van der Waals surface area contributed by atoms with Gasteiger partial charge in [0.2, 0.25) is 5.91 Å². The van der Waals surface area contributed by atoms with Crippen molar-refractivity contribution >= 4 is 23.2 Å². The van der Waals surface area contributed by atoms with Crippen LogP contribution in [0.1, 0.15) is 43.4 Å². The smallest absolute Gasteiger partial charge is 0.219 e. The number of benzene rings is 2. The van der Waals surface area contributed by atoms with Crippen LogP contribution in [0.2, 0.25) is 5.02 Å². The lowest BCUT2D eigenvalue weighted by Gasteiger charge is -2.45. The largest absolute Gasteiger partial charge is 0.508 e. The molecule has 3 N–H and O–H groups in total. The van der Waals surface area contributed by atoms with Crippen LogP contribution in [0.15, 0.2) is 47.5 Å². The first-order valence-electron chi connectivity index (χ1n) is 9.76. The summed E-state index contributed by atoms with van der Waals surface area (Å²) in [5, 5.41) is 25.0. The SMILES string of the molecule is CC(=O)N1CCC2(CC1)N=C(c1cc(Cl)ccc1O)CC(c1ccccc1O)N2. The Morgan fingerprint density at radius 3 is 2.59 bits per heavy atom. The summed E-state index contributed by atoms with van der Waals surface area (Å²) in [6, 6.07) is 12.0. The number of hydrogen-bond acceptors (Lipinski definition) is 5. The molecule has 0 radical (unpaired) electrons. The van der Waals surface area contributed by atoms with Crippen LogP contribution < -0.4 is 5.32 Å². The van der Waals surface area contributed by atoms with E-state index in [-0.39, 0.29) is 23.4 Å². The van der Waals surface area contributed by atoms with Crippen molar-refractivity contribution in [3.63, 3.8) is 0 Å². The minimum atomic E-state index is -0.568. The minimum absolute atomic E-state index is 0.0598. The molecular weight excluding hydrogens is 390 g/mol. The molecule has 0 aromatic heterocycles. The summed E-state index contributed by atoms with van der Waals surface area (Å²) in [6.07, 6.45) is 1.81. The second kappa shape index (κ2) is 7.69. The number of halogens is 1. The molecular formula is C22H24ClN3O3. The van der Waals surface area contributed by atoms with Crippen molar-refractivity contribution < 1.29 is 15.0 Å². The Morgan fingerprint density at radius 1 is 1.17 bits per heavy atom. The van der Waals surface area contributed by atoms with Crippen molar-refractivity contribution in [2.75, 3.05) is 13.1 Å². The summed E-state index contributed by atoms with van der Waals surface area (Å²) in [5.41, 5.74) is 1.57. The maximum Gasteiger partial charge on any atom is 0.219 e. The van der Waals surface area contributed by atoms with E-state index < -0.39 is 5.66 Å². The highest BCUT2D eigenvalue weighted by Crippen LogP contribution is 2.38. The highest BCUT2D eigenvalue weighted by atomic mass is 35.5. The van der Waals surface area contributed by atoms with Gasteiger partial charge in [0.1, 0.15) is 17.2 Å². The second-order valence-corrected chi connectivity index (χ2v) is 8.15. The fourth-order valence-corrected chi connectivity index (χ4v) is 4.40. The third kappa shape index (κ3) is 3.95. The molecule has 1 spiro atoms. The standard InChI is InChI=1S/C22H24ClN3O3/c1-14(27)26-10-8-22(9-11-26)24-18(16-4-2-3-5-20(16)28)13-19(25-22)17-12-15(23)6-7-21(17)29/h2-7,12,18,24,28-29H,8-11,13H2,1H3. The van der Waals surface area contributed by atoms with Crippen LogP contribution in [0.4, 0.5) is 0 Å². The normalized spacial score (nSPS) is 21.1. The highest BCUT2D eigenvalue weighted by Gasteiger charge is 2.41. The number of carbonyl (C=O) groups excluding carboxylic acids is 1. The number of nitrogens with zero attached hydrogens (tertiary/aromatic N) is 2. The molecule has 1 saturated heterocycles. The zero-order chi connectivity index (χ0) is 20.6. The summed E-state index contributed by atoms with van der Waals surface area (Å²) in [5.74, 6) is 0.407. The zero-order valence-corrected chi connectivity index (χ0v) is 17.0. The maximum absolute atomic E-state index is 11.8. The molecule has 6 nitrogen and oxygen atoms in total. The van der Waals surface area contributed by atoms with Gasteiger partial charge in [-0.3, -0.25) is 15.1 Å². The van der Waals surface area contributed by atoms with Gasteiger partial charge in [0, 0.05) is 67.2 Å². The van der Waals surface area contributed by atoms with E-state index in [0.29, 0.717) is 42.9 Å². The van der Waals surface area contributed by atoms with Crippen LogP contribution in [0.25, 0.3) is 0 Å². The molecule has 2 aromatic rings. The van der Waals surface area contributed by atoms with Crippen LogP contribution >= 0.6 is 11.6 Å². The number of nitrogens with one attached hydrogen (secondary N) is 1. The molecule has 2 aliphatic rings. The molecule has 0 saturated carbocycles. The van der Waals surface area contributed by atoms with Gasteiger partial charge in [-0.25, -0.2) is 0 Å². The van der Waals surface area contributed by atoms with Crippen LogP contribution in [0, 0.1) is 0 Å². The first-order valence-corrected chi connectivity index (χ1v) is 10.1. The Hall–Kier alpha value is -2.57. The molecule has 4 rings (SSSR count). The van der Waals surface area contributed by atoms with Crippen molar-refractivity contribution in [3.8, 4) is 11.5 Å². The summed E-state index contributed by atoms with van der Waals surface area (Å²) >= 11 is 6.18. The van der Waals surface area contributed by atoms with Crippen LogP contribution in [0.5, 0.6) is 11.5 Å². The summed E-state index contributed by atoms with van der Waals surface area (Å²) in [4.78, 5) is 18.6. The number of phenols is 2. The average Bonchev–Trinajstić information content (AvgIpc) is 2.70. The van der Waals surface area contributed by atoms with Crippen molar-refractivity contribution in [1.29, 1.82) is 0 Å². The van der Waals surface area contributed by atoms with E-state index in [9.17, 15) is 15.0 Å². The minimum Gasteiger partial charge on any atom is -0.508 e. The molecule has 152 valence electrons. The van der Waals surface area contributed by atoms with E-state index in [2.05, 4.69) is 5.32 Å². The number of carbonyl (C=O) groups is 1. The average molecular weight is 414 g/mol. The number of aliphatic imine (C=N–C) groups is 1. The van der Waals surface area contributed by atoms with E-state index in [1.165, 1.54) is 0 Å². The third-order valence-electron chi connectivity index (χ3n) is 5.81. The molecule has 1 unspecified atom stereocenters. The number of para-hydroxylation sites is 1. The Bertz CT molecular complexity index is 968. The number of phenolic OH excluding ortho intramolecular Hbond substituents is 2. The predicted octanol–water partition coefficient (Wildman–Crippen LogP) is 3.61. The van der Waals surface area contributed by atoms with E-state index in [4.69, 9.17) is 16.6 Å². The molecule has 2 aromatic carbocycles. The second-order valence-electron chi connectivity index (χ2n) is 7.72. The molecule has 1 amide bonds. The summed E-state index contributed by atoms with van der Waals surface area (Å²) < 4.78 is 0. The molecule has 2 heterocycles. The number of likely N-dealkylation sites (tertiary alicyclic amines) is 1. The molecule has 0 aliphatic carbocycles.